The van der Waals surface area contributed by atoms with Crippen LogP contribution in [-0.4, -0.2) is 0 Å². The monoisotopic (exact) mass is 468 g/mol. The summed E-state index contributed by atoms with van der Waals surface area (Å²) in [5, 5.41) is 4.37. The van der Waals surface area contributed by atoms with E-state index in [0.717, 1.165) is 44.2 Å². The number of benzene rings is 6. The van der Waals surface area contributed by atoms with E-state index in [0.29, 0.717) is 22.9 Å². The van der Waals surface area contributed by atoms with Crippen LogP contribution in [0.25, 0.3) is 32.7 Å². The van der Waals surface area contributed by atoms with Crippen LogP contribution in [0.1, 0.15) is 0 Å². The van der Waals surface area contributed by atoms with Gasteiger partial charge in [0, 0.05) is 22.5 Å². The molecule has 0 bridgehead atoms. The van der Waals surface area contributed by atoms with Crippen LogP contribution in [0.2, 0.25) is 0 Å². The summed E-state index contributed by atoms with van der Waals surface area (Å²) >= 11 is 0. The number of nitrogen functional groups attached to an aromatic ring is 2. The number of fused-ring (bicyclic) bond motifs is 2. The highest BCUT2D eigenvalue weighted by Gasteiger charge is 2.20. The smallest absolute Gasteiger partial charge is 0.136 e. The third-order valence-corrected chi connectivity index (χ3v) is 6.25. The second-order valence-corrected chi connectivity index (χ2v) is 8.66. The molecule has 6 aromatic rings. The first-order valence-corrected chi connectivity index (χ1v) is 11.8. The molecule has 0 aliphatic carbocycles. The highest BCUT2D eigenvalue weighted by Crippen LogP contribution is 2.47. The summed E-state index contributed by atoms with van der Waals surface area (Å²) in [5.74, 6) is 2.89. The average Bonchev–Trinajstić information content (AvgIpc) is 2.91. The zero-order valence-electron chi connectivity index (χ0n) is 19.5. The number of hydrogen-bond acceptors (Lipinski definition) is 4. The fourth-order valence-electron chi connectivity index (χ4n) is 4.51. The summed E-state index contributed by atoms with van der Waals surface area (Å²) in [4.78, 5) is 0. The molecule has 6 aromatic carbocycles. The maximum atomic E-state index is 6.47. The van der Waals surface area contributed by atoms with Gasteiger partial charge < -0.3 is 20.9 Å². The fourth-order valence-corrected chi connectivity index (χ4v) is 4.51. The molecule has 0 aliphatic heterocycles. The fraction of sp³-hybridized carbons (Fsp3) is 0. The summed E-state index contributed by atoms with van der Waals surface area (Å²) in [6.07, 6.45) is 0. The van der Waals surface area contributed by atoms with Crippen molar-refractivity contribution in [1.82, 2.24) is 0 Å². The lowest BCUT2D eigenvalue weighted by atomic mass is 9.92. The molecule has 174 valence electrons. The lowest BCUT2D eigenvalue weighted by Gasteiger charge is -2.19. The van der Waals surface area contributed by atoms with E-state index in [4.69, 9.17) is 20.9 Å². The molecule has 0 atom stereocenters. The molecule has 0 saturated heterocycles. The van der Waals surface area contributed by atoms with Crippen LogP contribution in [0.3, 0.4) is 0 Å². The minimum atomic E-state index is 0.689. The molecule has 0 fully saturated rings. The van der Waals surface area contributed by atoms with Gasteiger partial charge in [-0.1, -0.05) is 60.7 Å². The Morgan fingerprint density at radius 1 is 0.389 bits per heavy atom. The molecule has 4 N–H and O–H groups in total. The summed E-state index contributed by atoms with van der Waals surface area (Å²) in [6.45, 7) is 0. The zero-order valence-corrected chi connectivity index (χ0v) is 19.5. The summed E-state index contributed by atoms with van der Waals surface area (Å²) in [6, 6.07) is 39.7. The molecule has 0 radical (unpaired) electrons. The molecular weight excluding hydrogens is 444 g/mol. The molecule has 0 heterocycles. The van der Waals surface area contributed by atoms with Crippen molar-refractivity contribution in [1.29, 1.82) is 0 Å². The zero-order chi connectivity index (χ0) is 24.5. The molecule has 6 rings (SSSR count). The van der Waals surface area contributed by atoms with E-state index in [2.05, 4.69) is 36.4 Å². The van der Waals surface area contributed by atoms with Gasteiger partial charge in [-0.2, -0.15) is 0 Å². The van der Waals surface area contributed by atoms with Crippen LogP contribution in [0.4, 0.5) is 11.4 Å². The van der Waals surface area contributed by atoms with E-state index >= 15 is 0 Å². The Bertz CT molecular complexity index is 1560. The molecule has 0 aromatic heterocycles. The van der Waals surface area contributed by atoms with Crippen LogP contribution in [0, 0.1) is 0 Å². The average molecular weight is 469 g/mol. The lowest BCUT2D eigenvalue weighted by Crippen LogP contribution is -1.95. The molecule has 0 amide bonds. The van der Waals surface area contributed by atoms with E-state index in [-0.39, 0.29) is 0 Å². The van der Waals surface area contributed by atoms with Crippen molar-refractivity contribution in [3.05, 3.63) is 121 Å². The second-order valence-electron chi connectivity index (χ2n) is 8.66. The number of nitrogens with two attached hydrogens (primary N) is 2. The second kappa shape index (κ2) is 9.01. The van der Waals surface area contributed by atoms with Crippen LogP contribution in [0.5, 0.6) is 23.0 Å². The molecule has 0 unspecified atom stereocenters. The Balaban J connectivity index is 1.63. The van der Waals surface area contributed by atoms with E-state index in [9.17, 15) is 0 Å². The predicted octanol–water partition coefficient (Wildman–Crippen LogP) is 8.41. The van der Waals surface area contributed by atoms with E-state index in [1.807, 2.05) is 84.9 Å². The van der Waals surface area contributed by atoms with Gasteiger partial charge in [0.1, 0.15) is 23.0 Å². The van der Waals surface area contributed by atoms with E-state index < -0.39 is 0 Å². The maximum absolute atomic E-state index is 6.47. The van der Waals surface area contributed by atoms with Gasteiger partial charge in [-0.3, -0.25) is 0 Å². The van der Waals surface area contributed by atoms with Crippen LogP contribution < -0.4 is 20.9 Å². The van der Waals surface area contributed by atoms with Gasteiger partial charge in [0.05, 0.1) is 0 Å². The minimum absolute atomic E-state index is 0.689. The van der Waals surface area contributed by atoms with Crippen molar-refractivity contribution in [2.24, 2.45) is 0 Å². The van der Waals surface area contributed by atoms with Gasteiger partial charge >= 0.3 is 0 Å². The largest absolute Gasteiger partial charge is 0.457 e. The standard InChI is InChI=1S/C32H24N2O2/c33-23-11-15-25(16-12-23)35-29-19-9-21-5-1-3-7-27(21)31(29)32-28-8-4-2-6-22(28)10-20-30(32)36-26-17-13-24(34)14-18-26/h1-20H,33-34H2. The van der Waals surface area contributed by atoms with E-state index in [1.165, 1.54) is 0 Å². The van der Waals surface area contributed by atoms with Crippen molar-refractivity contribution in [2.45, 2.75) is 0 Å². The number of ether oxygens (including phenoxy) is 2. The quantitative estimate of drug-likeness (QED) is 0.249. The third-order valence-electron chi connectivity index (χ3n) is 6.25. The molecular formula is C32H24N2O2. The first kappa shape index (κ1) is 21.6. The summed E-state index contributed by atoms with van der Waals surface area (Å²) in [7, 11) is 0. The predicted molar refractivity (Wildman–Crippen MR) is 149 cm³/mol. The van der Waals surface area contributed by atoms with E-state index in [1.54, 1.807) is 0 Å². The summed E-state index contributed by atoms with van der Waals surface area (Å²) < 4.78 is 12.9. The number of rotatable bonds is 5. The van der Waals surface area contributed by atoms with Crippen LogP contribution >= 0.6 is 0 Å². The normalized spacial score (nSPS) is 11.0. The SMILES string of the molecule is Nc1ccc(Oc2ccc3ccccc3c2-c2c(Oc3ccc(N)cc3)ccc3ccccc23)cc1. The first-order valence-electron chi connectivity index (χ1n) is 11.8. The first-order chi connectivity index (χ1) is 17.7. The van der Waals surface area contributed by atoms with Gasteiger partial charge in [0.15, 0.2) is 0 Å². The van der Waals surface area contributed by atoms with Crippen LogP contribution in [-0.2, 0) is 0 Å². The minimum Gasteiger partial charge on any atom is -0.457 e. The van der Waals surface area contributed by atoms with Gasteiger partial charge in [-0.05, 0) is 82.2 Å². The Morgan fingerprint density at radius 2 is 0.778 bits per heavy atom. The van der Waals surface area contributed by atoms with Crippen molar-refractivity contribution in [3.63, 3.8) is 0 Å². The lowest BCUT2D eigenvalue weighted by molar-refractivity contribution is 0.478. The molecule has 0 aliphatic rings. The Hall–Kier alpha value is -4.96. The highest BCUT2D eigenvalue weighted by atomic mass is 16.5. The van der Waals surface area contributed by atoms with Crippen molar-refractivity contribution in [2.75, 3.05) is 11.5 Å². The molecule has 0 spiro atoms. The van der Waals surface area contributed by atoms with Gasteiger partial charge in [-0.15, -0.1) is 0 Å². The van der Waals surface area contributed by atoms with Crippen molar-refractivity contribution in [3.8, 4) is 34.1 Å². The van der Waals surface area contributed by atoms with Gasteiger partial charge in [-0.25, -0.2) is 0 Å². The Morgan fingerprint density at radius 3 is 1.19 bits per heavy atom. The molecule has 4 nitrogen and oxygen atoms in total. The highest BCUT2D eigenvalue weighted by molar-refractivity contribution is 6.09. The molecule has 0 saturated carbocycles. The Kier molecular flexibility index (Phi) is 5.39. The van der Waals surface area contributed by atoms with Crippen LogP contribution in [0.15, 0.2) is 121 Å². The maximum Gasteiger partial charge on any atom is 0.136 e. The van der Waals surface area contributed by atoms with Crippen molar-refractivity contribution < 1.29 is 9.47 Å². The topological polar surface area (TPSA) is 70.5 Å². The third kappa shape index (κ3) is 4.05. The molecule has 4 heteroatoms. The van der Waals surface area contributed by atoms with Gasteiger partial charge in [0.2, 0.25) is 0 Å². The number of anilines is 2. The molecule has 36 heavy (non-hydrogen) atoms. The Labute approximate surface area is 209 Å². The van der Waals surface area contributed by atoms with Crippen molar-refractivity contribution >= 4 is 32.9 Å². The van der Waals surface area contributed by atoms with Gasteiger partial charge in [0.25, 0.3) is 0 Å². The number of hydrogen-bond donors (Lipinski definition) is 2. The summed E-state index contributed by atoms with van der Waals surface area (Å²) in [5.41, 5.74) is 15.1.